The van der Waals surface area contributed by atoms with Crippen LogP contribution in [0.2, 0.25) is 0 Å². The van der Waals surface area contributed by atoms with E-state index >= 15 is 0 Å². The second kappa shape index (κ2) is 3.55. The van der Waals surface area contributed by atoms with Gasteiger partial charge in [0.2, 0.25) is 0 Å². The largest absolute Gasteiger partial charge is 0.460 e. The third kappa shape index (κ3) is 1.49. The Morgan fingerprint density at radius 3 is 2.46 bits per heavy atom. The monoisotopic (exact) mass is 296 g/mol. The highest BCUT2D eigenvalue weighted by Crippen LogP contribution is 2.40. The van der Waals surface area contributed by atoms with Crippen LogP contribution in [0.3, 0.4) is 0 Å². The first-order valence-corrected chi connectivity index (χ1v) is 5.75. The molecule has 0 radical (unpaired) electrons. The van der Waals surface area contributed by atoms with Gasteiger partial charge in [-0.1, -0.05) is 29.5 Å². The smallest absolute Gasteiger partial charge is 0.320 e. The van der Waals surface area contributed by atoms with E-state index in [1.165, 1.54) is 6.92 Å². The molecular formula is C9H13IO3. The van der Waals surface area contributed by atoms with Crippen molar-refractivity contribution in [3.63, 3.8) is 0 Å². The lowest BCUT2D eigenvalue weighted by Gasteiger charge is -2.21. The minimum absolute atomic E-state index is 0.0191. The van der Waals surface area contributed by atoms with Gasteiger partial charge in [-0.25, -0.2) is 0 Å². The number of carbonyl (C=O) groups excluding carboxylic acids is 2. The number of cyclic esters (lactones) is 1. The molecule has 74 valence electrons. The summed E-state index contributed by atoms with van der Waals surface area (Å²) in [6, 6.07) is 0. The second-order valence-electron chi connectivity index (χ2n) is 3.65. The number of carbonyl (C=O) groups is 2. The predicted octanol–water partition coefficient (Wildman–Crippen LogP) is 1.58. The molecule has 0 unspecified atom stereocenters. The van der Waals surface area contributed by atoms with E-state index < -0.39 is 5.41 Å². The Labute approximate surface area is 91.4 Å². The van der Waals surface area contributed by atoms with Crippen LogP contribution in [0, 0.1) is 11.3 Å². The van der Waals surface area contributed by atoms with Crippen LogP contribution in [0.25, 0.3) is 0 Å². The molecule has 0 aromatic heterocycles. The maximum absolute atomic E-state index is 11.5. The van der Waals surface area contributed by atoms with E-state index in [0.717, 1.165) is 4.43 Å². The van der Waals surface area contributed by atoms with Gasteiger partial charge in [0.05, 0.1) is 0 Å². The van der Waals surface area contributed by atoms with Gasteiger partial charge >= 0.3 is 5.97 Å². The molecule has 1 heterocycles. The molecule has 0 aromatic rings. The van der Waals surface area contributed by atoms with Crippen LogP contribution < -0.4 is 0 Å². The van der Waals surface area contributed by atoms with Gasteiger partial charge in [0.25, 0.3) is 0 Å². The lowest BCUT2D eigenvalue weighted by atomic mass is 9.75. The summed E-state index contributed by atoms with van der Waals surface area (Å²) in [6.45, 7) is 5.03. The molecule has 13 heavy (non-hydrogen) atoms. The van der Waals surface area contributed by atoms with Crippen molar-refractivity contribution in [1.29, 1.82) is 0 Å². The first-order chi connectivity index (χ1) is 5.94. The average molecular weight is 296 g/mol. The first kappa shape index (κ1) is 10.9. The van der Waals surface area contributed by atoms with Gasteiger partial charge in [-0.15, -0.1) is 0 Å². The molecule has 1 rings (SSSR count). The van der Waals surface area contributed by atoms with E-state index in [0.29, 0.717) is 0 Å². The Kier molecular flexibility index (Phi) is 2.99. The van der Waals surface area contributed by atoms with E-state index in [4.69, 9.17) is 4.74 Å². The fraction of sp³-hybridized carbons (Fsp3) is 0.778. The van der Waals surface area contributed by atoms with Crippen LogP contribution in [-0.2, 0) is 14.3 Å². The summed E-state index contributed by atoms with van der Waals surface area (Å²) in [5, 5.41) is 0. The Balaban J connectivity index is 2.99. The minimum Gasteiger partial charge on any atom is -0.460 e. The molecule has 1 fully saturated rings. The molecule has 3 nitrogen and oxygen atoms in total. The molecule has 0 bridgehead atoms. The first-order valence-electron chi connectivity index (χ1n) is 4.22. The summed E-state index contributed by atoms with van der Waals surface area (Å²) in [5.41, 5.74) is -0.921. The van der Waals surface area contributed by atoms with Crippen LogP contribution in [-0.4, -0.2) is 22.3 Å². The van der Waals surface area contributed by atoms with Crippen LogP contribution in [0.15, 0.2) is 0 Å². The van der Waals surface area contributed by atoms with Crippen LogP contribution in [0.1, 0.15) is 20.8 Å². The quantitative estimate of drug-likeness (QED) is 0.336. The summed E-state index contributed by atoms with van der Waals surface area (Å²) in [5.74, 6) is -0.485. The fourth-order valence-electron chi connectivity index (χ4n) is 1.55. The number of esters is 1. The lowest BCUT2D eigenvalue weighted by Crippen LogP contribution is -2.36. The number of halogens is 1. The standard InChI is InChI=1S/C9H13IO3/c1-5-7(4-10)13-8(12)9(5,3)6(2)11/h5,7H,4H2,1-3H3/t5-,7-,9+/m0/s1. The molecule has 0 saturated carbocycles. The van der Waals surface area contributed by atoms with Crippen LogP contribution in [0.4, 0.5) is 0 Å². The zero-order valence-electron chi connectivity index (χ0n) is 7.96. The van der Waals surface area contributed by atoms with Crippen LogP contribution in [0.5, 0.6) is 0 Å². The molecule has 0 spiro atoms. The number of rotatable bonds is 2. The number of hydrogen-bond donors (Lipinski definition) is 0. The fourth-order valence-corrected chi connectivity index (χ4v) is 2.49. The van der Waals surface area contributed by atoms with E-state index in [-0.39, 0.29) is 23.8 Å². The molecule has 0 amide bonds. The van der Waals surface area contributed by atoms with Gasteiger partial charge in [0.15, 0.2) is 0 Å². The molecule has 0 aromatic carbocycles. The van der Waals surface area contributed by atoms with Gasteiger partial charge in [-0.3, -0.25) is 9.59 Å². The van der Waals surface area contributed by atoms with Crippen molar-refractivity contribution < 1.29 is 14.3 Å². The number of ketones is 1. The molecule has 1 aliphatic rings. The van der Waals surface area contributed by atoms with Gasteiger partial charge < -0.3 is 4.74 Å². The van der Waals surface area contributed by atoms with Gasteiger partial charge in [-0.05, 0) is 13.8 Å². The number of hydrogen-bond acceptors (Lipinski definition) is 3. The highest BCUT2D eigenvalue weighted by Gasteiger charge is 2.54. The van der Waals surface area contributed by atoms with E-state index in [1.54, 1.807) is 6.92 Å². The summed E-state index contributed by atoms with van der Waals surface area (Å²) < 4.78 is 5.88. The highest BCUT2D eigenvalue weighted by atomic mass is 127. The van der Waals surface area contributed by atoms with Crippen molar-refractivity contribution in [2.24, 2.45) is 11.3 Å². The lowest BCUT2D eigenvalue weighted by molar-refractivity contribution is -0.151. The number of ether oxygens (including phenoxy) is 1. The van der Waals surface area contributed by atoms with Crippen molar-refractivity contribution in [2.75, 3.05) is 4.43 Å². The molecular weight excluding hydrogens is 283 g/mol. The van der Waals surface area contributed by atoms with Crippen molar-refractivity contribution in [1.82, 2.24) is 0 Å². The van der Waals surface area contributed by atoms with E-state index in [2.05, 4.69) is 22.6 Å². The summed E-state index contributed by atoms with van der Waals surface area (Å²) in [4.78, 5) is 22.8. The van der Waals surface area contributed by atoms with Crippen molar-refractivity contribution in [3.05, 3.63) is 0 Å². The van der Waals surface area contributed by atoms with Crippen molar-refractivity contribution in [3.8, 4) is 0 Å². The number of Topliss-reactive ketones (excluding diaryl/α,β-unsaturated/α-hetero) is 1. The minimum atomic E-state index is -0.921. The van der Waals surface area contributed by atoms with E-state index in [9.17, 15) is 9.59 Å². The third-order valence-corrected chi connectivity index (χ3v) is 3.90. The van der Waals surface area contributed by atoms with Crippen molar-refractivity contribution >= 4 is 34.3 Å². The summed E-state index contributed by atoms with van der Waals surface area (Å²) in [6.07, 6.45) is -0.109. The Morgan fingerprint density at radius 2 is 2.23 bits per heavy atom. The molecule has 1 saturated heterocycles. The average Bonchev–Trinajstić information content (AvgIpc) is 2.30. The SMILES string of the molecule is CC(=O)[C@]1(C)C(=O)O[C@@H](CI)[C@@H]1C. The maximum Gasteiger partial charge on any atom is 0.320 e. The van der Waals surface area contributed by atoms with Gasteiger partial charge in [0.1, 0.15) is 17.3 Å². The Bertz CT molecular complexity index is 251. The molecule has 1 aliphatic heterocycles. The zero-order valence-corrected chi connectivity index (χ0v) is 10.1. The second-order valence-corrected chi connectivity index (χ2v) is 4.53. The maximum atomic E-state index is 11.5. The van der Waals surface area contributed by atoms with Crippen molar-refractivity contribution in [2.45, 2.75) is 26.9 Å². The van der Waals surface area contributed by atoms with Crippen LogP contribution >= 0.6 is 22.6 Å². The third-order valence-electron chi connectivity index (χ3n) is 3.03. The predicted molar refractivity (Wildman–Crippen MR) is 56.7 cm³/mol. The van der Waals surface area contributed by atoms with Gasteiger partial charge in [0, 0.05) is 10.3 Å². The summed E-state index contributed by atoms with van der Waals surface area (Å²) in [7, 11) is 0. The topological polar surface area (TPSA) is 43.4 Å². The molecule has 0 N–H and O–H groups in total. The van der Waals surface area contributed by atoms with Gasteiger partial charge in [-0.2, -0.15) is 0 Å². The zero-order chi connectivity index (χ0) is 10.2. The van der Waals surface area contributed by atoms with E-state index in [1.807, 2.05) is 6.92 Å². The number of alkyl halides is 1. The normalized spacial score (nSPS) is 38.9. The highest BCUT2D eigenvalue weighted by molar-refractivity contribution is 14.1. The summed E-state index contributed by atoms with van der Waals surface area (Å²) >= 11 is 2.17. The molecule has 0 aliphatic carbocycles. The molecule has 4 heteroatoms. The Hall–Kier alpha value is -0.130. The Morgan fingerprint density at radius 1 is 1.69 bits per heavy atom. The molecule has 3 atom stereocenters.